The molecule has 1 heterocycles. The zero-order valence-electron chi connectivity index (χ0n) is 12.4. The van der Waals surface area contributed by atoms with E-state index >= 15 is 0 Å². The molecular formula is C15H32N2S. The van der Waals surface area contributed by atoms with Crippen molar-refractivity contribution in [2.75, 3.05) is 38.7 Å². The summed E-state index contributed by atoms with van der Waals surface area (Å²) < 4.78 is 0. The molecule has 0 bridgehead atoms. The molecule has 3 heteroatoms. The fraction of sp³-hybridized carbons (Fsp3) is 1.00. The Morgan fingerprint density at radius 2 is 1.94 bits per heavy atom. The highest BCUT2D eigenvalue weighted by atomic mass is 32.2. The molecule has 1 atom stereocenters. The lowest BCUT2D eigenvalue weighted by molar-refractivity contribution is 0.175. The summed E-state index contributed by atoms with van der Waals surface area (Å²) >= 11 is 1.97. The second-order valence-corrected chi connectivity index (χ2v) is 6.56. The van der Waals surface area contributed by atoms with E-state index in [-0.39, 0.29) is 0 Å². The second kappa shape index (κ2) is 11.1. The highest BCUT2D eigenvalue weighted by Crippen LogP contribution is 2.17. The van der Waals surface area contributed by atoms with Crippen LogP contribution in [0.1, 0.15) is 51.4 Å². The van der Waals surface area contributed by atoms with Crippen LogP contribution in [0.4, 0.5) is 0 Å². The standard InChI is InChI=1S/C15H32N2S/c1-17-13-7-5-9-15(17)10-12-16-11-6-3-4-8-14-18-2/h15-16H,3-14H2,1-2H3. The lowest BCUT2D eigenvalue weighted by Crippen LogP contribution is -2.38. The van der Waals surface area contributed by atoms with Crippen LogP contribution in [0.25, 0.3) is 0 Å². The van der Waals surface area contributed by atoms with Crippen LogP contribution in [-0.4, -0.2) is 49.6 Å². The summed E-state index contributed by atoms with van der Waals surface area (Å²) in [4.78, 5) is 2.55. The van der Waals surface area contributed by atoms with E-state index in [1.807, 2.05) is 11.8 Å². The van der Waals surface area contributed by atoms with Crippen LogP contribution in [0, 0.1) is 0 Å². The first-order valence-electron chi connectivity index (χ1n) is 7.74. The first kappa shape index (κ1) is 16.3. The summed E-state index contributed by atoms with van der Waals surface area (Å²) in [5, 5.41) is 3.61. The Hall–Kier alpha value is 0.270. The molecule has 1 N–H and O–H groups in total. The number of thioether (sulfide) groups is 1. The number of likely N-dealkylation sites (tertiary alicyclic amines) is 1. The van der Waals surface area contributed by atoms with Gasteiger partial charge in [-0.25, -0.2) is 0 Å². The molecule has 0 saturated carbocycles. The molecule has 1 fully saturated rings. The largest absolute Gasteiger partial charge is 0.317 e. The summed E-state index contributed by atoms with van der Waals surface area (Å²) in [7, 11) is 2.29. The molecule has 0 aromatic heterocycles. The van der Waals surface area contributed by atoms with Crippen LogP contribution in [-0.2, 0) is 0 Å². The molecule has 0 amide bonds. The second-order valence-electron chi connectivity index (χ2n) is 5.58. The Balaban J connectivity index is 1.83. The lowest BCUT2D eigenvalue weighted by Gasteiger charge is -2.32. The quantitative estimate of drug-likeness (QED) is 0.614. The number of piperidine rings is 1. The van der Waals surface area contributed by atoms with Crippen molar-refractivity contribution in [2.24, 2.45) is 0 Å². The average molecular weight is 273 g/mol. The summed E-state index contributed by atoms with van der Waals surface area (Å²) in [6.45, 7) is 3.73. The molecule has 1 rings (SSSR count). The predicted octanol–water partition coefficient (Wildman–Crippen LogP) is 3.37. The molecule has 0 aromatic carbocycles. The van der Waals surface area contributed by atoms with Crippen LogP contribution in [0.2, 0.25) is 0 Å². The summed E-state index contributed by atoms with van der Waals surface area (Å²) in [6, 6.07) is 0.841. The van der Waals surface area contributed by atoms with Gasteiger partial charge in [-0.05, 0) is 70.8 Å². The van der Waals surface area contributed by atoms with Gasteiger partial charge in [0.05, 0.1) is 0 Å². The molecule has 1 saturated heterocycles. The van der Waals surface area contributed by atoms with Gasteiger partial charge in [-0.15, -0.1) is 0 Å². The highest BCUT2D eigenvalue weighted by molar-refractivity contribution is 7.98. The normalized spacial score (nSPS) is 21.3. The van der Waals surface area contributed by atoms with E-state index in [4.69, 9.17) is 0 Å². The van der Waals surface area contributed by atoms with Crippen molar-refractivity contribution < 1.29 is 0 Å². The van der Waals surface area contributed by atoms with Crippen LogP contribution in [0.15, 0.2) is 0 Å². The maximum Gasteiger partial charge on any atom is 0.0104 e. The van der Waals surface area contributed by atoms with E-state index in [9.17, 15) is 0 Å². The van der Waals surface area contributed by atoms with Gasteiger partial charge in [-0.3, -0.25) is 0 Å². The molecule has 1 unspecified atom stereocenters. The van der Waals surface area contributed by atoms with Crippen molar-refractivity contribution in [3.63, 3.8) is 0 Å². The zero-order chi connectivity index (χ0) is 13.1. The third-order valence-electron chi connectivity index (χ3n) is 4.03. The number of nitrogens with zero attached hydrogens (tertiary/aromatic N) is 1. The molecule has 0 spiro atoms. The average Bonchev–Trinajstić information content (AvgIpc) is 2.39. The molecule has 2 nitrogen and oxygen atoms in total. The molecule has 0 aromatic rings. The van der Waals surface area contributed by atoms with Crippen molar-refractivity contribution in [1.82, 2.24) is 10.2 Å². The highest BCUT2D eigenvalue weighted by Gasteiger charge is 2.17. The van der Waals surface area contributed by atoms with Crippen molar-refractivity contribution >= 4 is 11.8 Å². The van der Waals surface area contributed by atoms with Gasteiger partial charge < -0.3 is 10.2 Å². The van der Waals surface area contributed by atoms with Crippen molar-refractivity contribution in [3.05, 3.63) is 0 Å². The Labute approximate surface area is 118 Å². The lowest BCUT2D eigenvalue weighted by atomic mass is 10.0. The van der Waals surface area contributed by atoms with Gasteiger partial charge >= 0.3 is 0 Å². The number of hydrogen-bond acceptors (Lipinski definition) is 3. The van der Waals surface area contributed by atoms with Crippen LogP contribution in [0.3, 0.4) is 0 Å². The summed E-state index contributed by atoms with van der Waals surface area (Å²) in [5.74, 6) is 1.33. The first-order valence-corrected chi connectivity index (χ1v) is 9.14. The van der Waals surface area contributed by atoms with E-state index in [0.717, 1.165) is 6.04 Å². The minimum Gasteiger partial charge on any atom is -0.317 e. The van der Waals surface area contributed by atoms with Crippen LogP contribution in [0.5, 0.6) is 0 Å². The van der Waals surface area contributed by atoms with Crippen LogP contribution < -0.4 is 5.32 Å². The predicted molar refractivity (Wildman–Crippen MR) is 84.6 cm³/mol. The summed E-state index contributed by atoms with van der Waals surface area (Å²) in [5.41, 5.74) is 0. The zero-order valence-corrected chi connectivity index (χ0v) is 13.2. The van der Waals surface area contributed by atoms with Gasteiger partial charge in [0.15, 0.2) is 0 Å². The van der Waals surface area contributed by atoms with E-state index in [0.29, 0.717) is 0 Å². The Kier molecular flexibility index (Phi) is 10.1. The monoisotopic (exact) mass is 272 g/mol. The number of unbranched alkanes of at least 4 members (excludes halogenated alkanes) is 3. The van der Waals surface area contributed by atoms with E-state index in [1.54, 1.807) is 0 Å². The van der Waals surface area contributed by atoms with Gasteiger partial charge in [-0.1, -0.05) is 19.3 Å². The SMILES string of the molecule is CSCCCCCCNCCC1CCCCN1C. The maximum absolute atomic E-state index is 3.61. The minimum atomic E-state index is 0.841. The van der Waals surface area contributed by atoms with Gasteiger partial charge in [0.1, 0.15) is 0 Å². The van der Waals surface area contributed by atoms with Crippen molar-refractivity contribution in [2.45, 2.75) is 57.4 Å². The first-order chi connectivity index (χ1) is 8.84. The van der Waals surface area contributed by atoms with Gasteiger partial charge in [-0.2, -0.15) is 11.8 Å². The molecule has 1 aliphatic rings. The molecule has 108 valence electrons. The number of rotatable bonds is 10. The molecule has 0 aliphatic carbocycles. The summed E-state index contributed by atoms with van der Waals surface area (Å²) in [6.07, 6.45) is 13.3. The van der Waals surface area contributed by atoms with Crippen molar-refractivity contribution in [1.29, 1.82) is 0 Å². The molecule has 1 aliphatic heterocycles. The maximum atomic E-state index is 3.61. The molecular weight excluding hydrogens is 240 g/mol. The third kappa shape index (κ3) is 7.65. The van der Waals surface area contributed by atoms with E-state index in [1.165, 1.54) is 76.8 Å². The van der Waals surface area contributed by atoms with Gasteiger partial charge in [0.2, 0.25) is 0 Å². The van der Waals surface area contributed by atoms with E-state index < -0.39 is 0 Å². The number of nitrogens with one attached hydrogen (secondary N) is 1. The van der Waals surface area contributed by atoms with Gasteiger partial charge in [0, 0.05) is 6.04 Å². The van der Waals surface area contributed by atoms with Gasteiger partial charge in [0.25, 0.3) is 0 Å². The number of hydrogen-bond donors (Lipinski definition) is 1. The smallest absolute Gasteiger partial charge is 0.0104 e. The van der Waals surface area contributed by atoms with Crippen LogP contribution >= 0.6 is 11.8 Å². The topological polar surface area (TPSA) is 15.3 Å². The minimum absolute atomic E-state index is 0.841. The van der Waals surface area contributed by atoms with Crippen molar-refractivity contribution in [3.8, 4) is 0 Å². The molecule has 0 radical (unpaired) electrons. The van der Waals surface area contributed by atoms with E-state index in [2.05, 4.69) is 23.5 Å². The third-order valence-corrected chi connectivity index (χ3v) is 4.72. The Morgan fingerprint density at radius 1 is 1.11 bits per heavy atom. The fourth-order valence-corrected chi connectivity index (χ4v) is 3.25. The fourth-order valence-electron chi connectivity index (χ4n) is 2.75. The Morgan fingerprint density at radius 3 is 2.72 bits per heavy atom. The Bertz CT molecular complexity index is 187. The molecule has 18 heavy (non-hydrogen) atoms.